The zero-order chi connectivity index (χ0) is 17.9. The molecule has 24 heavy (non-hydrogen) atoms. The fourth-order valence-corrected chi connectivity index (χ4v) is 2.55. The molecule has 0 atom stereocenters. The molecule has 7 heteroatoms. The van der Waals surface area contributed by atoms with E-state index in [4.69, 9.17) is 10.5 Å². The number of amides is 1. The van der Waals surface area contributed by atoms with Gasteiger partial charge in [0.1, 0.15) is 5.60 Å². The second-order valence-electron chi connectivity index (χ2n) is 5.92. The predicted molar refractivity (Wildman–Crippen MR) is 86.9 cm³/mol. The second kappa shape index (κ2) is 6.66. The summed E-state index contributed by atoms with van der Waals surface area (Å²) >= 11 is 0. The fourth-order valence-electron chi connectivity index (χ4n) is 2.55. The van der Waals surface area contributed by atoms with Crippen molar-refractivity contribution in [3.8, 4) is 11.1 Å². The van der Waals surface area contributed by atoms with Crippen molar-refractivity contribution in [1.29, 1.82) is 0 Å². The van der Waals surface area contributed by atoms with Crippen LogP contribution < -0.4 is 5.73 Å². The normalized spacial score (nSPS) is 11.1. The van der Waals surface area contributed by atoms with Crippen LogP contribution in [0.1, 0.15) is 19.4 Å². The first-order valence-electron chi connectivity index (χ1n) is 7.21. The van der Waals surface area contributed by atoms with E-state index in [1.807, 2.05) is 0 Å². The van der Waals surface area contributed by atoms with Gasteiger partial charge in [-0.3, -0.25) is 10.1 Å². The summed E-state index contributed by atoms with van der Waals surface area (Å²) in [6, 6.07) is 11.5. The molecule has 1 amide bonds. The van der Waals surface area contributed by atoms with Crippen molar-refractivity contribution in [2.75, 3.05) is 0 Å². The van der Waals surface area contributed by atoms with Gasteiger partial charge in [-0.05, 0) is 19.4 Å². The molecule has 0 heterocycles. The molecule has 0 aliphatic heterocycles. The number of hydrogen-bond donors (Lipinski definition) is 1. The molecule has 0 fully saturated rings. The summed E-state index contributed by atoms with van der Waals surface area (Å²) in [5.74, 6) is -0.918. The summed E-state index contributed by atoms with van der Waals surface area (Å²) in [7, 11) is 0. The Bertz CT molecular complexity index is 776. The van der Waals surface area contributed by atoms with E-state index in [0.29, 0.717) is 5.56 Å². The van der Waals surface area contributed by atoms with Gasteiger partial charge in [-0.2, -0.15) is 4.39 Å². The van der Waals surface area contributed by atoms with Crippen LogP contribution in [0.25, 0.3) is 11.1 Å². The summed E-state index contributed by atoms with van der Waals surface area (Å²) < 4.78 is 19.7. The number of hydrogen-bond acceptors (Lipinski definition) is 4. The number of halogens is 1. The molecule has 2 aromatic rings. The molecular formula is C17H17FN2O4. The third kappa shape index (κ3) is 3.87. The lowest BCUT2D eigenvalue weighted by atomic mass is 9.94. The van der Waals surface area contributed by atoms with Crippen LogP contribution in [0, 0.1) is 15.9 Å². The van der Waals surface area contributed by atoms with Crippen molar-refractivity contribution >= 4 is 11.8 Å². The molecule has 0 radical (unpaired) electrons. The summed E-state index contributed by atoms with van der Waals surface area (Å²) in [6.45, 7) is 3.09. The number of ether oxygens (including phenoxy) is 1. The van der Waals surface area contributed by atoms with Crippen LogP contribution in [-0.2, 0) is 11.2 Å². The minimum Gasteiger partial charge on any atom is -0.443 e. The van der Waals surface area contributed by atoms with Crippen LogP contribution >= 0.6 is 0 Å². The monoisotopic (exact) mass is 332 g/mol. The van der Waals surface area contributed by atoms with Crippen LogP contribution in [0.2, 0.25) is 0 Å². The number of rotatable bonds is 5. The Morgan fingerprint density at radius 2 is 1.88 bits per heavy atom. The summed E-state index contributed by atoms with van der Waals surface area (Å²) in [5.41, 5.74) is 4.07. The average molecular weight is 332 g/mol. The third-order valence-corrected chi connectivity index (χ3v) is 3.46. The average Bonchev–Trinajstić information content (AvgIpc) is 2.46. The smallest absolute Gasteiger partial charge is 0.405 e. The first-order valence-corrected chi connectivity index (χ1v) is 7.21. The number of carbonyl (C=O) groups is 1. The van der Waals surface area contributed by atoms with Gasteiger partial charge in [0.2, 0.25) is 5.82 Å². The second-order valence-corrected chi connectivity index (χ2v) is 5.92. The SMILES string of the molecule is CC(C)(Cc1ccc(-c2ccccc2)c(F)c1[N+](=O)[O-])OC(N)=O. The van der Waals surface area contributed by atoms with E-state index >= 15 is 0 Å². The molecule has 0 saturated heterocycles. The zero-order valence-electron chi connectivity index (χ0n) is 13.3. The van der Waals surface area contributed by atoms with Crippen LogP contribution in [-0.4, -0.2) is 16.6 Å². The van der Waals surface area contributed by atoms with Crippen LogP contribution in [0.5, 0.6) is 0 Å². The Morgan fingerprint density at radius 1 is 1.25 bits per heavy atom. The van der Waals surface area contributed by atoms with Crippen LogP contribution in [0.4, 0.5) is 14.9 Å². The maximum absolute atomic E-state index is 14.7. The van der Waals surface area contributed by atoms with E-state index in [2.05, 4.69) is 0 Å². The highest BCUT2D eigenvalue weighted by Gasteiger charge is 2.30. The van der Waals surface area contributed by atoms with Crippen molar-refractivity contribution in [3.63, 3.8) is 0 Å². The molecular weight excluding hydrogens is 315 g/mol. The Hall–Kier alpha value is -2.96. The Balaban J connectivity index is 2.49. The van der Waals surface area contributed by atoms with Gasteiger partial charge in [-0.25, -0.2) is 4.79 Å². The van der Waals surface area contributed by atoms with E-state index in [1.165, 1.54) is 12.1 Å². The Kier molecular flexibility index (Phi) is 4.82. The van der Waals surface area contributed by atoms with Gasteiger partial charge in [0.15, 0.2) is 0 Å². The van der Waals surface area contributed by atoms with Gasteiger partial charge in [-0.15, -0.1) is 0 Å². The number of primary amides is 1. The predicted octanol–water partition coefficient (Wildman–Crippen LogP) is 3.82. The van der Waals surface area contributed by atoms with E-state index in [-0.39, 0.29) is 17.5 Å². The van der Waals surface area contributed by atoms with Crippen molar-refractivity contribution in [2.24, 2.45) is 5.73 Å². The lowest BCUT2D eigenvalue weighted by molar-refractivity contribution is -0.388. The summed E-state index contributed by atoms with van der Waals surface area (Å²) in [5, 5.41) is 11.4. The van der Waals surface area contributed by atoms with Gasteiger partial charge in [-0.1, -0.05) is 42.5 Å². The van der Waals surface area contributed by atoms with Gasteiger partial charge in [0.25, 0.3) is 0 Å². The maximum atomic E-state index is 14.7. The van der Waals surface area contributed by atoms with Gasteiger partial charge >= 0.3 is 11.8 Å². The summed E-state index contributed by atoms with van der Waals surface area (Å²) in [4.78, 5) is 21.5. The molecule has 0 aliphatic carbocycles. The molecule has 0 saturated carbocycles. The molecule has 126 valence electrons. The molecule has 2 rings (SSSR count). The van der Waals surface area contributed by atoms with Crippen LogP contribution in [0.15, 0.2) is 42.5 Å². The van der Waals surface area contributed by atoms with Crippen molar-refractivity contribution in [1.82, 2.24) is 0 Å². The number of carbonyl (C=O) groups excluding carboxylic acids is 1. The van der Waals surface area contributed by atoms with E-state index in [9.17, 15) is 19.3 Å². The maximum Gasteiger partial charge on any atom is 0.405 e. The largest absolute Gasteiger partial charge is 0.443 e. The first-order chi connectivity index (χ1) is 11.2. The van der Waals surface area contributed by atoms with E-state index in [1.54, 1.807) is 44.2 Å². The van der Waals surface area contributed by atoms with Gasteiger partial charge < -0.3 is 10.5 Å². The number of benzene rings is 2. The minimum atomic E-state index is -1.10. The molecule has 0 bridgehead atoms. The lowest BCUT2D eigenvalue weighted by Crippen LogP contribution is -2.33. The quantitative estimate of drug-likeness (QED) is 0.665. The lowest BCUT2D eigenvalue weighted by Gasteiger charge is -2.24. The van der Waals surface area contributed by atoms with Crippen molar-refractivity contribution < 1.29 is 18.8 Å². The van der Waals surface area contributed by atoms with E-state index in [0.717, 1.165) is 0 Å². The molecule has 0 spiro atoms. The number of nitrogens with two attached hydrogens (primary N) is 1. The number of nitro benzene ring substituents is 1. The molecule has 2 N–H and O–H groups in total. The number of nitrogens with zero attached hydrogens (tertiary/aromatic N) is 1. The minimum absolute atomic E-state index is 0.0434. The Labute approximate surface area is 138 Å². The molecule has 0 aliphatic rings. The highest BCUT2D eigenvalue weighted by Crippen LogP contribution is 2.34. The molecule has 0 unspecified atom stereocenters. The fraction of sp³-hybridized carbons (Fsp3) is 0.235. The van der Waals surface area contributed by atoms with Gasteiger partial charge in [0.05, 0.1) is 4.92 Å². The van der Waals surface area contributed by atoms with Gasteiger partial charge in [0, 0.05) is 17.5 Å². The summed E-state index contributed by atoms with van der Waals surface area (Å²) in [6.07, 6.45) is -1.04. The van der Waals surface area contributed by atoms with Crippen molar-refractivity contribution in [2.45, 2.75) is 25.9 Å². The third-order valence-electron chi connectivity index (χ3n) is 3.46. The first kappa shape index (κ1) is 17.4. The zero-order valence-corrected chi connectivity index (χ0v) is 13.3. The topological polar surface area (TPSA) is 95.5 Å². The van der Waals surface area contributed by atoms with Crippen LogP contribution in [0.3, 0.4) is 0 Å². The highest BCUT2D eigenvalue weighted by molar-refractivity contribution is 5.69. The van der Waals surface area contributed by atoms with E-state index < -0.39 is 28.1 Å². The molecule has 6 nitrogen and oxygen atoms in total. The number of nitro groups is 1. The van der Waals surface area contributed by atoms with Crippen molar-refractivity contribution in [3.05, 3.63) is 64.0 Å². The standard InChI is InChI=1S/C17H17FN2O4/c1-17(2,24-16(19)21)10-12-8-9-13(11-6-4-3-5-7-11)14(18)15(12)20(22)23/h3-9H,10H2,1-2H3,(H2,19,21). The highest BCUT2D eigenvalue weighted by atomic mass is 19.1. The molecule has 0 aromatic heterocycles. The Morgan fingerprint density at radius 3 is 2.42 bits per heavy atom. The molecule has 2 aromatic carbocycles.